The Labute approximate surface area is 145 Å². The lowest BCUT2D eigenvalue weighted by atomic mass is 10.2. The Morgan fingerprint density at radius 2 is 1.96 bits per heavy atom. The molecule has 0 spiro atoms. The van der Waals surface area contributed by atoms with Crippen molar-refractivity contribution in [2.45, 2.75) is 25.1 Å². The minimum Gasteiger partial charge on any atom is -0.316 e. The lowest BCUT2D eigenvalue weighted by Gasteiger charge is -2.24. The van der Waals surface area contributed by atoms with Gasteiger partial charge in [0.15, 0.2) is 15.0 Å². The van der Waals surface area contributed by atoms with E-state index in [0.717, 1.165) is 5.69 Å². The lowest BCUT2D eigenvalue weighted by molar-refractivity contribution is -0.120. The van der Waals surface area contributed by atoms with E-state index in [4.69, 9.17) is 11.6 Å². The molecule has 2 aliphatic heterocycles. The first-order chi connectivity index (χ1) is 10.8. The monoisotopic (exact) mass is 372 g/mol. The number of carbonyl (C=O) groups is 1. The summed E-state index contributed by atoms with van der Waals surface area (Å²) >= 11 is 7.31. The summed E-state index contributed by atoms with van der Waals surface area (Å²) in [6.45, 7) is 3.59. The lowest BCUT2D eigenvalue weighted by Crippen LogP contribution is -2.37. The van der Waals surface area contributed by atoms with E-state index in [0.29, 0.717) is 10.2 Å². The third-order valence-electron chi connectivity index (χ3n) is 3.87. The van der Waals surface area contributed by atoms with Gasteiger partial charge in [-0.3, -0.25) is 4.79 Å². The highest BCUT2D eigenvalue weighted by Gasteiger charge is 2.49. The molecule has 2 aliphatic rings. The van der Waals surface area contributed by atoms with Crippen molar-refractivity contribution >= 4 is 50.0 Å². The van der Waals surface area contributed by atoms with Gasteiger partial charge in [-0.2, -0.15) is 4.99 Å². The van der Waals surface area contributed by atoms with Crippen LogP contribution >= 0.6 is 23.4 Å². The molecule has 1 amide bonds. The van der Waals surface area contributed by atoms with Gasteiger partial charge in [0.2, 0.25) is 0 Å². The molecule has 23 heavy (non-hydrogen) atoms. The fraction of sp³-hybridized carbons (Fsp3) is 0.467. The zero-order chi connectivity index (χ0) is 16.8. The van der Waals surface area contributed by atoms with Crippen LogP contribution in [0.15, 0.2) is 29.3 Å². The highest BCUT2D eigenvalue weighted by Crippen LogP contribution is 2.41. The molecule has 0 bridgehead atoms. The summed E-state index contributed by atoms with van der Waals surface area (Å²) in [5, 5.41) is 1.10. The molecular formula is C15H17ClN2O3S2. The Morgan fingerprint density at radius 1 is 1.30 bits per heavy atom. The molecule has 1 aromatic carbocycles. The standard InChI is InChI=1S/C15H17ClN2O3S2/c1-9(2)14(19)17-15-18(11-5-3-10(16)4-6-11)12-7-23(20,21)8-13(12)22-15/h3-6,9,12-13H,7-8H2,1-2H3/t12-,13-/m0/s1. The van der Waals surface area contributed by atoms with Gasteiger partial charge in [-0.1, -0.05) is 37.2 Å². The van der Waals surface area contributed by atoms with E-state index in [2.05, 4.69) is 4.99 Å². The summed E-state index contributed by atoms with van der Waals surface area (Å²) in [5.74, 6) is -0.183. The Balaban J connectivity index is 2.00. The van der Waals surface area contributed by atoms with Crippen molar-refractivity contribution < 1.29 is 13.2 Å². The number of anilines is 1. The first-order valence-electron chi connectivity index (χ1n) is 7.31. The van der Waals surface area contributed by atoms with Crippen molar-refractivity contribution in [3.63, 3.8) is 0 Å². The van der Waals surface area contributed by atoms with Crippen LogP contribution in [0.3, 0.4) is 0 Å². The Morgan fingerprint density at radius 3 is 2.57 bits per heavy atom. The highest BCUT2D eigenvalue weighted by molar-refractivity contribution is 8.16. The van der Waals surface area contributed by atoms with E-state index >= 15 is 0 Å². The third-order valence-corrected chi connectivity index (χ3v) is 7.33. The van der Waals surface area contributed by atoms with Gasteiger partial charge in [0.1, 0.15) is 0 Å². The quantitative estimate of drug-likeness (QED) is 0.798. The van der Waals surface area contributed by atoms with Crippen LogP contribution in [0.25, 0.3) is 0 Å². The molecule has 0 radical (unpaired) electrons. The van der Waals surface area contributed by atoms with Gasteiger partial charge in [-0.25, -0.2) is 8.42 Å². The van der Waals surface area contributed by atoms with Crippen molar-refractivity contribution in [1.82, 2.24) is 0 Å². The summed E-state index contributed by atoms with van der Waals surface area (Å²) in [5.41, 5.74) is 0.807. The number of thioether (sulfide) groups is 1. The molecule has 5 nitrogen and oxygen atoms in total. The molecule has 124 valence electrons. The van der Waals surface area contributed by atoms with E-state index in [1.54, 1.807) is 26.0 Å². The maximum absolute atomic E-state index is 12.0. The van der Waals surface area contributed by atoms with Gasteiger partial charge in [0.25, 0.3) is 5.91 Å². The summed E-state index contributed by atoms with van der Waals surface area (Å²) in [4.78, 5) is 18.1. The number of carbonyl (C=O) groups excluding carboxylic acids is 1. The van der Waals surface area contributed by atoms with E-state index < -0.39 is 9.84 Å². The Hall–Kier alpha value is -1.05. The number of hydrogen-bond acceptors (Lipinski definition) is 4. The number of fused-ring (bicyclic) bond motifs is 1. The van der Waals surface area contributed by atoms with E-state index in [1.807, 2.05) is 17.0 Å². The number of aliphatic imine (C=N–C) groups is 1. The number of halogens is 1. The molecule has 0 aliphatic carbocycles. The van der Waals surface area contributed by atoms with Crippen LogP contribution in [0.1, 0.15) is 13.8 Å². The van der Waals surface area contributed by atoms with Gasteiger partial charge in [-0.15, -0.1) is 0 Å². The molecule has 0 aromatic heterocycles. The average molecular weight is 373 g/mol. The second kappa shape index (κ2) is 6.11. The predicted octanol–water partition coefficient (Wildman–Crippen LogP) is 2.60. The maximum atomic E-state index is 12.0. The van der Waals surface area contributed by atoms with Gasteiger partial charge in [0, 0.05) is 21.9 Å². The molecule has 2 fully saturated rings. The number of nitrogens with zero attached hydrogens (tertiary/aromatic N) is 2. The third kappa shape index (κ3) is 3.41. The Bertz CT molecular complexity index is 759. The van der Waals surface area contributed by atoms with Crippen molar-refractivity contribution in [1.29, 1.82) is 0 Å². The van der Waals surface area contributed by atoms with Crippen molar-refractivity contribution in [2.24, 2.45) is 10.9 Å². The SMILES string of the molecule is CC(C)C(=O)N=C1S[C@H]2CS(=O)(=O)C[C@@H]2N1c1ccc(Cl)cc1. The van der Waals surface area contributed by atoms with Crippen molar-refractivity contribution in [3.8, 4) is 0 Å². The molecular weight excluding hydrogens is 356 g/mol. The number of benzene rings is 1. The summed E-state index contributed by atoms with van der Waals surface area (Å²) in [6, 6.07) is 6.96. The molecule has 2 saturated heterocycles. The summed E-state index contributed by atoms with van der Waals surface area (Å²) in [6.07, 6.45) is 0. The minimum absolute atomic E-state index is 0.0855. The molecule has 2 atom stereocenters. The van der Waals surface area contributed by atoms with Crippen molar-refractivity contribution in [3.05, 3.63) is 29.3 Å². The minimum atomic E-state index is -3.05. The first-order valence-corrected chi connectivity index (χ1v) is 10.4. The van der Waals surface area contributed by atoms with E-state index in [1.165, 1.54) is 11.8 Å². The first kappa shape index (κ1) is 16.8. The largest absolute Gasteiger partial charge is 0.316 e. The van der Waals surface area contributed by atoms with Crippen LogP contribution in [0.4, 0.5) is 5.69 Å². The zero-order valence-corrected chi connectivity index (χ0v) is 15.2. The Kier molecular flexibility index (Phi) is 4.46. The van der Waals surface area contributed by atoms with Crippen LogP contribution in [0, 0.1) is 5.92 Å². The molecule has 8 heteroatoms. The number of amides is 1. The topological polar surface area (TPSA) is 66.8 Å². The second-order valence-electron chi connectivity index (χ2n) is 6.03. The molecule has 0 unspecified atom stereocenters. The van der Waals surface area contributed by atoms with Crippen LogP contribution in [0.5, 0.6) is 0 Å². The average Bonchev–Trinajstić information content (AvgIpc) is 2.91. The fourth-order valence-electron chi connectivity index (χ4n) is 2.69. The van der Waals surface area contributed by atoms with E-state index in [9.17, 15) is 13.2 Å². The van der Waals surface area contributed by atoms with Crippen LogP contribution in [-0.2, 0) is 14.6 Å². The second-order valence-corrected chi connectivity index (χ2v) is 9.83. The maximum Gasteiger partial charge on any atom is 0.250 e. The van der Waals surface area contributed by atoms with Crippen LogP contribution in [-0.4, -0.2) is 42.3 Å². The molecule has 0 saturated carbocycles. The predicted molar refractivity (Wildman–Crippen MR) is 95.0 cm³/mol. The molecule has 1 aromatic rings. The van der Waals surface area contributed by atoms with E-state index in [-0.39, 0.29) is 34.6 Å². The smallest absolute Gasteiger partial charge is 0.250 e. The summed E-state index contributed by atoms with van der Waals surface area (Å²) in [7, 11) is -3.05. The highest BCUT2D eigenvalue weighted by atomic mass is 35.5. The van der Waals surface area contributed by atoms with Gasteiger partial charge in [-0.05, 0) is 24.3 Å². The molecule has 0 N–H and O–H groups in total. The number of rotatable bonds is 2. The van der Waals surface area contributed by atoms with Crippen molar-refractivity contribution in [2.75, 3.05) is 16.4 Å². The summed E-state index contributed by atoms with van der Waals surface area (Å²) < 4.78 is 23.9. The fourth-order valence-corrected chi connectivity index (χ4v) is 6.74. The number of hydrogen-bond donors (Lipinski definition) is 0. The van der Waals surface area contributed by atoms with Gasteiger partial charge >= 0.3 is 0 Å². The molecule has 3 rings (SSSR count). The number of sulfone groups is 1. The number of amidine groups is 1. The zero-order valence-electron chi connectivity index (χ0n) is 12.8. The van der Waals surface area contributed by atoms with Crippen LogP contribution in [0.2, 0.25) is 5.02 Å². The van der Waals surface area contributed by atoms with Crippen LogP contribution < -0.4 is 4.90 Å². The van der Waals surface area contributed by atoms with Gasteiger partial charge in [0.05, 0.1) is 17.5 Å². The molecule has 2 heterocycles. The van der Waals surface area contributed by atoms with Gasteiger partial charge < -0.3 is 4.90 Å². The normalized spacial score (nSPS) is 27.7.